The Morgan fingerprint density at radius 2 is 1.84 bits per heavy atom. The lowest BCUT2D eigenvalue weighted by molar-refractivity contribution is 0.311. The molecule has 7 nitrogen and oxygen atoms in total. The third kappa shape index (κ3) is 2.97. The predicted octanol–water partition coefficient (Wildman–Crippen LogP) is 2.29. The van der Waals surface area contributed by atoms with Gasteiger partial charge in [0.1, 0.15) is 0 Å². The van der Waals surface area contributed by atoms with Crippen LogP contribution in [0.1, 0.15) is 5.56 Å². The van der Waals surface area contributed by atoms with E-state index in [-0.39, 0.29) is 41.2 Å². The zero-order valence-electron chi connectivity index (χ0n) is 13.4. The van der Waals surface area contributed by atoms with E-state index in [0.717, 1.165) is 5.56 Å². The molecule has 0 amide bonds. The van der Waals surface area contributed by atoms with Crippen molar-refractivity contribution in [2.75, 3.05) is 18.5 Å². The van der Waals surface area contributed by atoms with Crippen LogP contribution < -0.4 is 10.7 Å². The molecule has 0 fully saturated rings. The van der Waals surface area contributed by atoms with Crippen LogP contribution in [0.4, 0.5) is 5.69 Å². The van der Waals surface area contributed by atoms with E-state index in [4.69, 9.17) is 9.52 Å². The molecule has 2 aromatic carbocycles. The SMILES string of the molecule is Cc1cc(NCCO)c2oc(-c3ccc(O)c(O)c3)c(O)c(=O)c2c1. The van der Waals surface area contributed by atoms with E-state index in [1.807, 2.05) is 0 Å². The largest absolute Gasteiger partial charge is 0.504 e. The van der Waals surface area contributed by atoms with E-state index in [2.05, 4.69) is 5.32 Å². The molecule has 3 aromatic rings. The number of aliphatic hydroxyl groups is 1. The first-order valence-electron chi connectivity index (χ1n) is 7.60. The third-order valence-corrected chi connectivity index (χ3v) is 3.78. The smallest absolute Gasteiger partial charge is 0.235 e. The number of aromatic hydroxyl groups is 3. The maximum Gasteiger partial charge on any atom is 0.235 e. The summed E-state index contributed by atoms with van der Waals surface area (Å²) in [5.74, 6) is -1.44. The number of benzene rings is 2. The molecule has 0 unspecified atom stereocenters. The van der Waals surface area contributed by atoms with Crippen molar-refractivity contribution in [2.45, 2.75) is 6.92 Å². The summed E-state index contributed by atoms with van der Waals surface area (Å²) in [6.07, 6.45) is 0. The van der Waals surface area contributed by atoms with E-state index in [0.29, 0.717) is 5.69 Å². The Morgan fingerprint density at radius 3 is 2.52 bits per heavy atom. The van der Waals surface area contributed by atoms with Crippen LogP contribution in [0, 0.1) is 6.92 Å². The van der Waals surface area contributed by atoms with E-state index in [9.17, 15) is 20.1 Å². The molecule has 1 heterocycles. The zero-order valence-corrected chi connectivity index (χ0v) is 13.4. The number of hydrogen-bond acceptors (Lipinski definition) is 7. The second kappa shape index (κ2) is 6.37. The van der Waals surface area contributed by atoms with E-state index in [1.165, 1.54) is 18.2 Å². The number of rotatable bonds is 4. The quantitative estimate of drug-likeness (QED) is 0.461. The second-order valence-corrected chi connectivity index (χ2v) is 5.65. The molecule has 7 heteroatoms. The Morgan fingerprint density at radius 1 is 1.08 bits per heavy atom. The van der Waals surface area contributed by atoms with E-state index < -0.39 is 16.9 Å². The molecule has 0 bridgehead atoms. The van der Waals surface area contributed by atoms with Gasteiger partial charge in [-0.05, 0) is 42.8 Å². The van der Waals surface area contributed by atoms with Crippen molar-refractivity contribution in [1.82, 2.24) is 0 Å². The van der Waals surface area contributed by atoms with E-state index >= 15 is 0 Å². The number of nitrogens with one attached hydrogen (secondary N) is 1. The number of phenols is 2. The van der Waals surface area contributed by atoms with E-state index in [1.54, 1.807) is 19.1 Å². The molecule has 3 rings (SSSR count). The second-order valence-electron chi connectivity index (χ2n) is 5.65. The standard InChI is InChI=1S/C18H17NO6/c1-9-6-11-15(23)16(24)17(10-2-3-13(21)14(22)8-10)25-18(11)12(7-9)19-4-5-20/h2-3,6-8,19-22,24H,4-5H2,1H3. The van der Waals surface area contributed by atoms with Gasteiger partial charge in [-0.25, -0.2) is 0 Å². The van der Waals surface area contributed by atoms with Gasteiger partial charge in [-0.1, -0.05) is 0 Å². The topological polar surface area (TPSA) is 123 Å². The molecular weight excluding hydrogens is 326 g/mol. The molecule has 25 heavy (non-hydrogen) atoms. The zero-order chi connectivity index (χ0) is 18.1. The summed E-state index contributed by atoms with van der Waals surface area (Å²) in [5, 5.41) is 41.5. The van der Waals surface area contributed by atoms with Gasteiger partial charge in [-0.2, -0.15) is 0 Å². The number of anilines is 1. The average molecular weight is 343 g/mol. The van der Waals surface area contributed by atoms with Gasteiger partial charge in [0.05, 0.1) is 17.7 Å². The molecular formula is C18H17NO6. The van der Waals surface area contributed by atoms with Crippen molar-refractivity contribution in [2.24, 2.45) is 0 Å². The first kappa shape index (κ1) is 16.7. The Kier molecular flexibility index (Phi) is 4.24. The van der Waals surface area contributed by atoms with Gasteiger partial charge < -0.3 is 30.2 Å². The first-order chi connectivity index (χ1) is 11.9. The summed E-state index contributed by atoms with van der Waals surface area (Å²) in [7, 11) is 0. The number of hydrogen-bond donors (Lipinski definition) is 5. The maximum absolute atomic E-state index is 12.6. The first-order valence-corrected chi connectivity index (χ1v) is 7.60. The normalized spacial score (nSPS) is 11.0. The highest BCUT2D eigenvalue weighted by molar-refractivity contribution is 5.92. The highest BCUT2D eigenvalue weighted by atomic mass is 16.4. The predicted molar refractivity (Wildman–Crippen MR) is 93.2 cm³/mol. The minimum atomic E-state index is -0.612. The van der Waals surface area contributed by atoms with Crippen molar-refractivity contribution in [1.29, 1.82) is 0 Å². The molecule has 0 aliphatic rings. The maximum atomic E-state index is 12.6. The van der Waals surface area contributed by atoms with Crippen molar-refractivity contribution < 1.29 is 24.8 Å². The minimum Gasteiger partial charge on any atom is -0.504 e. The van der Waals surface area contributed by atoms with Crippen LogP contribution >= 0.6 is 0 Å². The molecule has 0 saturated carbocycles. The summed E-state index contributed by atoms with van der Waals surface area (Å²) >= 11 is 0. The molecule has 5 N–H and O–H groups in total. The summed E-state index contributed by atoms with van der Waals surface area (Å²) in [6, 6.07) is 7.19. The van der Waals surface area contributed by atoms with Crippen LogP contribution in [0.5, 0.6) is 17.2 Å². The Balaban J connectivity index is 2.30. The van der Waals surface area contributed by atoms with Crippen LogP contribution in [0.2, 0.25) is 0 Å². The molecule has 0 saturated heterocycles. The molecule has 0 aliphatic heterocycles. The van der Waals surface area contributed by atoms with Crippen LogP contribution in [-0.4, -0.2) is 33.6 Å². The molecule has 0 radical (unpaired) electrons. The fourth-order valence-electron chi connectivity index (χ4n) is 2.62. The lowest BCUT2D eigenvalue weighted by atomic mass is 10.1. The Hall–Kier alpha value is -3.19. The van der Waals surface area contributed by atoms with Crippen LogP contribution in [0.15, 0.2) is 39.5 Å². The van der Waals surface area contributed by atoms with Crippen molar-refractivity contribution in [3.8, 4) is 28.6 Å². The molecule has 1 aromatic heterocycles. The summed E-state index contributed by atoms with van der Waals surface area (Å²) in [5.41, 5.74) is 1.14. The van der Waals surface area contributed by atoms with Crippen molar-refractivity contribution in [3.63, 3.8) is 0 Å². The Bertz CT molecular complexity index is 1010. The van der Waals surface area contributed by atoms with Crippen LogP contribution in [0.3, 0.4) is 0 Å². The fourth-order valence-corrected chi connectivity index (χ4v) is 2.62. The third-order valence-electron chi connectivity index (χ3n) is 3.78. The molecule has 0 aliphatic carbocycles. The fraction of sp³-hybridized carbons (Fsp3) is 0.167. The summed E-state index contributed by atoms with van der Waals surface area (Å²) < 4.78 is 5.75. The number of phenolic OH excluding ortho intramolecular Hbond substituents is 2. The van der Waals surface area contributed by atoms with Gasteiger partial charge in [0, 0.05) is 12.1 Å². The number of aryl methyl sites for hydroxylation is 1. The monoisotopic (exact) mass is 343 g/mol. The highest BCUT2D eigenvalue weighted by Gasteiger charge is 2.18. The van der Waals surface area contributed by atoms with Crippen LogP contribution in [-0.2, 0) is 0 Å². The van der Waals surface area contributed by atoms with Gasteiger partial charge in [-0.3, -0.25) is 4.79 Å². The van der Waals surface area contributed by atoms with Crippen molar-refractivity contribution in [3.05, 3.63) is 46.1 Å². The van der Waals surface area contributed by atoms with Crippen LogP contribution in [0.25, 0.3) is 22.3 Å². The molecule has 130 valence electrons. The molecule has 0 atom stereocenters. The van der Waals surface area contributed by atoms with Crippen molar-refractivity contribution >= 4 is 16.7 Å². The number of fused-ring (bicyclic) bond motifs is 1. The lowest BCUT2D eigenvalue weighted by Crippen LogP contribution is -2.09. The Labute approximate surface area is 142 Å². The van der Waals surface area contributed by atoms with Gasteiger partial charge in [0.2, 0.25) is 11.2 Å². The van der Waals surface area contributed by atoms with Gasteiger partial charge in [0.15, 0.2) is 22.8 Å². The highest BCUT2D eigenvalue weighted by Crippen LogP contribution is 2.36. The number of aliphatic hydroxyl groups excluding tert-OH is 1. The average Bonchev–Trinajstić information content (AvgIpc) is 2.59. The lowest BCUT2D eigenvalue weighted by Gasteiger charge is -2.12. The van der Waals surface area contributed by atoms with Gasteiger partial charge >= 0.3 is 0 Å². The van der Waals surface area contributed by atoms with Gasteiger partial charge in [0.25, 0.3) is 0 Å². The summed E-state index contributed by atoms with van der Waals surface area (Å²) in [6.45, 7) is 1.96. The minimum absolute atomic E-state index is 0.101. The van der Waals surface area contributed by atoms with Gasteiger partial charge in [-0.15, -0.1) is 0 Å². The molecule has 0 spiro atoms. The summed E-state index contributed by atoms with van der Waals surface area (Å²) in [4.78, 5) is 12.6.